The van der Waals surface area contributed by atoms with Crippen molar-refractivity contribution >= 4 is 11.7 Å². The SMILES string of the molecule is CNCC(C)C(=N)N1CCC(=O)N(C)CC1. The van der Waals surface area contributed by atoms with E-state index in [1.807, 2.05) is 25.9 Å². The molecule has 0 aromatic rings. The first kappa shape index (κ1) is 13.0. The molecule has 0 bridgehead atoms. The van der Waals surface area contributed by atoms with E-state index in [4.69, 9.17) is 5.41 Å². The van der Waals surface area contributed by atoms with Crippen LogP contribution in [-0.4, -0.2) is 61.8 Å². The molecule has 1 amide bonds. The average molecular weight is 226 g/mol. The summed E-state index contributed by atoms with van der Waals surface area (Å²) in [5, 5.41) is 11.2. The molecule has 1 aliphatic rings. The molecule has 1 fully saturated rings. The molecular weight excluding hydrogens is 204 g/mol. The van der Waals surface area contributed by atoms with Crippen molar-refractivity contribution in [2.75, 3.05) is 40.3 Å². The number of hydrogen-bond donors (Lipinski definition) is 2. The molecule has 5 heteroatoms. The van der Waals surface area contributed by atoms with Crippen LogP contribution in [0.4, 0.5) is 0 Å². The van der Waals surface area contributed by atoms with Gasteiger partial charge >= 0.3 is 0 Å². The first-order valence-electron chi connectivity index (χ1n) is 5.78. The van der Waals surface area contributed by atoms with Gasteiger partial charge in [0.05, 0.1) is 5.84 Å². The Bertz CT molecular complexity index is 267. The fourth-order valence-electron chi connectivity index (χ4n) is 1.88. The van der Waals surface area contributed by atoms with Crippen LogP contribution in [0.25, 0.3) is 0 Å². The zero-order chi connectivity index (χ0) is 12.1. The zero-order valence-electron chi connectivity index (χ0n) is 10.4. The molecule has 1 saturated heterocycles. The van der Waals surface area contributed by atoms with Crippen molar-refractivity contribution in [3.05, 3.63) is 0 Å². The van der Waals surface area contributed by atoms with Gasteiger partial charge in [0, 0.05) is 45.6 Å². The third kappa shape index (κ3) is 3.20. The Morgan fingerprint density at radius 1 is 1.50 bits per heavy atom. The summed E-state index contributed by atoms with van der Waals surface area (Å²) in [6.07, 6.45) is 0.519. The Hall–Kier alpha value is -1.10. The quantitative estimate of drug-likeness (QED) is 0.525. The molecule has 1 unspecified atom stereocenters. The molecule has 0 aliphatic carbocycles. The summed E-state index contributed by atoms with van der Waals surface area (Å²) < 4.78 is 0. The third-order valence-electron chi connectivity index (χ3n) is 3.04. The smallest absolute Gasteiger partial charge is 0.224 e. The van der Waals surface area contributed by atoms with Crippen molar-refractivity contribution in [3.8, 4) is 0 Å². The average Bonchev–Trinajstić information content (AvgIpc) is 2.42. The lowest BCUT2D eigenvalue weighted by Gasteiger charge is -2.26. The van der Waals surface area contributed by atoms with Crippen molar-refractivity contribution in [2.45, 2.75) is 13.3 Å². The van der Waals surface area contributed by atoms with Gasteiger partial charge in [0.2, 0.25) is 5.91 Å². The van der Waals surface area contributed by atoms with Gasteiger partial charge in [-0.1, -0.05) is 6.92 Å². The number of hydrogen-bond acceptors (Lipinski definition) is 3. The lowest BCUT2D eigenvalue weighted by atomic mass is 10.1. The van der Waals surface area contributed by atoms with E-state index in [-0.39, 0.29) is 11.8 Å². The summed E-state index contributed by atoms with van der Waals surface area (Å²) in [7, 11) is 3.72. The first-order valence-corrected chi connectivity index (χ1v) is 5.78. The number of nitrogens with one attached hydrogen (secondary N) is 2. The van der Waals surface area contributed by atoms with Crippen LogP contribution in [0.2, 0.25) is 0 Å². The molecule has 0 aromatic carbocycles. The minimum atomic E-state index is 0.177. The Labute approximate surface area is 97.3 Å². The predicted molar refractivity (Wildman–Crippen MR) is 64.6 cm³/mol. The van der Waals surface area contributed by atoms with Gasteiger partial charge in [-0.05, 0) is 7.05 Å². The van der Waals surface area contributed by atoms with Gasteiger partial charge in [-0.3, -0.25) is 10.2 Å². The van der Waals surface area contributed by atoms with Crippen molar-refractivity contribution in [3.63, 3.8) is 0 Å². The fraction of sp³-hybridized carbons (Fsp3) is 0.818. The van der Waals surface area contributed by atoms with E-state index >= 15 is 0 Å². The fourth-order valence-corrected chi connectivity index (χ4v) is 1.88. The van der Waals surface area contributed by atoms with E-state index in [2.05, 4.69) is 5.32 Å². The van der Waals surface area contributed by atoms with Crippen molar-refractivity contribution in [1.82, 2.24) is 15.1 Å². The van der Waals surface area contributed by atoms with Crippen LogP contribution in [0, 0.1) is 11.3 Å². The highest BCUT2D eigenvalue weighted by atomic mass is 16.2. The lowest BCUT2D eigenvalue weighted by Crippen LogP contribution is -2.40. The third-order valence-corrected chi connectivity index (χ3v) is 3.04. The topological polar surface area (TPSA) is 59.4 Å². The van der Waals surface area contributed by atoms with Gasteiger partial charge in [0.25, 0.3) is 0 Å². The maximum Gasteiger partial charge on any atom is 0.224 e. The maximum atomic E-state index is 11.5. The van der Waals surface area contributed by atoms with Gasteiger partial charge in [-0.15, -0.1) is 0 Å². The van der Waals surface area contributed by atoms with E-state index < -0.39 is 0 Å². The molecule has 92 valence electrons. The van der Waals surface area contributed by atoms with Crippen LogP contribution in [0.15, 0.2) is 0 Å². The van der Waals surface area contributed by atoms with Crippen molar-refractivity contribution in [2.24, 2.45) is 5.92 Å². The van der Waals surface area contributed by atoms with Gasteiger partial charge in [-0.2, -0.15) is 0 Å². The zero-order valence-corrected chi connectivity index (χ0v) is 10.4. The number of nitrogens with zero attached hydrogens (tertiary/aromatic N) is 2. The van der Waals surface area contributed by atoms with Crippen molar-refractivity contribution < 1.29 is 4.79 Å². The molecule has 1 rings (SSSR count). The molecule has 0 radical (unpaired) electrons. The summed E-state index contributed by atoms with van der Waals surface area (Å²) in [6.45, 7) is 5.01. The second-order valence-corrected chi connectivity index (χ2v) is 4.40. The maximum absolute atomic E-state index is 11.5. The van der Waals surface area contributed by atoms with Crippen LogP contribution in [0.1, 0.15) is 13.3 Å². The van der Waals surface area contributed by atoms with E-state index in [9.17, 15) is 4.79 Å². The number of amides is 1. The molecule has 5 nitrogen and oxygen atoms in total. The van der Waals surface area contributed by atoms with Crippen molar-refractivity contribution in [1.29, 1.82) is 5.41 Å². The Kier molecular flexibility index (Phi) is 4.73. The van der Waals surface area contributed by atoms with Crippen LogP contribution in [0.3, 0.4) is 0 Å². The van der Waals surface area contributed by atoms with Gasteiger partial charge < -0.3 is 15.1 Å². The highest BCUT2D eigenvalue weighted by molar-refractivity contribution is 5.83. The Morgan fingerprint density at radius 3 is 2.81 bits per heavy atom. The summed E-state index contributed by atoms with van der Waals surface area (Å²) >= 11 is 0. The highest BCUT2D eigenvalue weighted by Crippen LogP contribution is 2.07. The predicted octanol–water partition coefficient (Wildman–Crippen LogP) is -0.0167. The minimum absolute atomic E-state index is 0.177. The van der Waals surface area contributed by atoms with Gasteiger partial charge in [0.15, 0.2) is 0 Å². The standard InChI is InChI=1S/C11H22N4O/c1-9(8-13-2)11(12)15-5-4-10(16)14(3)6-7-15/h9,12-13H,4-8H2,1-3H3. The highest BCUT2D eigenvalue weighted by Gasteiger charge is 2.21. The number of likely N-dealkylation sites (N-methyl/N-ethyl adjacent to an activating group) is 1. The number of carbonyl (C=O) groups is 1. The summed E-state index contributed by atoms with van der Waals surface area (Å²) in [6, 6.07) is 0. The van der Waals surface area contributed by atoms with Crippen LogP contribution >= 0.6 is 0 Å². The summed E-state index contributed by atoms with van der Waals surface area (Å²) in [5.41, 5.74) is 0. The molecule has 1 aliphatic heterocycles. The van der Waals surface area contributed by atoms with Crippen LogP contribution in [-0.2, 0) is 4.79 Å². The normalized spacial score (nSPS) is 19.6. The molecule has 0 aromatic heterocycles. The Balaban J connectivity index is 2.54. The Morgan fingerprint density at radius 2 is 2.19 bits per heavy atom. The second kappa shape index (κ2) is 5.84. The van der Waals surface area contributed by atoms with Gasteiger partial charge in [-0.25, -0.2) is 0 Å². The van der Waals surface area contributed by atoms with Crippen LogP contribution in [0.5, 0.6) is 0 Å². The first-order chi connectivity index (χ1) is 7.56. The number of rotatable bonds is 3. The molecule has 2 N–H and O–H groups in total. The molecule has 1 atom stereocenters. The molecule has 1 heterocycles. The summed E-state index contributed by atoms with van der Waals surface area (Å²) in [4.78, 5) is 15.3. The lowest BCUT2D eigenvalue weighted by molar-refractivity contribution is -0.129. The number of amidine groups is 1. The van der Waals surface area contributed by atoms with E-state index in [0.29, 0.717) is 25.3 Å². The van der Waals surface area contributed by atoms with Gasteiger partial charge in [0.1, 0.15) is 0 Å². The molecular formula is C11H22N4O. The minimum Gasteiger partial charge on any atom is -0.358 e. The van der Waals surface area contributed by atoms with E-state index in [1.54, 1.807) is 4.90 Å². The van der Waals surface area contributed by atoms with E-state index in [0.717, 1.165) is 13.1 Å². The van der Waals surface area contributed by atoms with Crippen LogP contribution < -0.4 is 5.32 Å². The summed E-state index contributed by atoms with van der Waals surface area (Å²) in [5.74, 6) is 1.01. The molecule has 0 saturated carbocycles. The molecule has 0 spiro atoms. The number of carbonyl (C=O) groups excluding carboxylic acids is 1. The monoisotopic (exact) mass is 226 g/mol. The second-order valence-electron chi connectivity index (χ2n) is 4.40. The largest absolute Gasteiger partial charge is 0.358 e. The molecule has 16 heavy (non-hydrogen) atoms. The van der Waals surface area contributed by atoms with E-state index in [1.165, 1.54) is 0 Å².